The van der Waals surface area contributed by atoms with Crippen molar-refractivity contribution in [3.8, 4) is 0 Å². The highest BCUT2D eigenvalue weighted by atomic mass is 79.9. The minimum atomic E-state index is -0.532. The number of primary amides is 1. The molecule has 0 saturated heterocycles. The maximum atomic E-state index is 12.3. The number of benzene rings is 2. The van der Waals surface area contributed by atoms with E-state index in [2.05, 4.69) is 21.2 Å². The van der Waals surface area contributed by atoms with Gasteiger partial charge in [-0.2, -0.15) is 0 Å². The zero-order valence-electron chi connectivity index (χ0n) is 12.7. The Labute approximate surface area is 143 Å². The van der Waals surface area contributed by atoms with Crippen LogP contribution in [-0.4, -0.2) is 11.8 Å². The lowest BCUT2D eigenvalue weighted by Crippen LogP contribution is -2.22. The standard InChI is InChI=1S/C18H17BrN2O2/c1-12-2-4-13(5-3-12)11-21-18(23)15-8-14(6-7-17(20)22)9-16(19)10-15/h2-10H,11H2,1H3,(H2,20,22)(H,21,23)/b7-6+. The van der Waals surface area contributed by atoms with Gasteiger partial charge in [0.25, 0.3) is 5.91 Å². The molecule has 0 aromatic heterocycles. The third-order valence-electron chi connectivity index (χ3n) is 3.20. The molecular weight excluding hydrogens is 356 g/mol. The Morgan fingerprint density at radius 1 is 1.17 bits per heavy atom. The molecule has 0 bridgehead atoms. The van der Waals surface area contributed by atoms with Gasteiger partial charge in [0.05, 0.1) is 0 Å². The second-order valence-corrected chi connectivity index (χ2v) is 6.09. The number of nitrogens with one attached hydrogen (secondary N) is 1. The molecule has 2 rings (SSSR count). The molecule has 0 aliphatic rings. The Morgan fingerprint density at radius 2 is 1.87 bits per heavy atom. The van der Waals surface area contributed by atoms with Crippen LogP contribution < -0.4 is 11.1 Å². The van der Waals surface area contributed by atoms with E-state index in [1.165, 1.54) is 11.6 Å². The maximum Gasteiger partial charge on any atom is 0.251 e. The summed E-state index contributed by atoms with van der Waals surface area (Å²) in [5, 5.41) is 2.88. The zero-order chi connectivity index (χ0) is 16.8. The Balaban J connectivity index is 2.09. The lowest BCUT2D eigenvalue weighted by Gasteiger charge is -2.07. The molecule has 0 atom stereocenters. The predicted molar refractivity (Wildman–Crippen MR) is 94.7 cm³/mol. The van der Waals surface area contributed by atoms with Gasteiger partial charge in [0.1, 0.15) is 0 Å². The average Bonchev–Trinajstić information content (AvgIpc) is 2.51. The van der Waals surface area contributed by atoms with E-state index < -0.39 is 5.91 Å². The number of nitrogens with two attached hydrogens (primary N) is 1. The van der Waals surface area contributed by atoms with Crippen LogP contribution in [0.4, 0.5) is 0 Å². The molecule has 23 heavy (non-hydrogen) atoms. The van der Waals surface area contributed by atoms with Crippen LogP contribution >= 0.6 is 15.9 Å². The molecule has 118 valence electrons. The zero-order valence-corrected chi connectivity index (χ0v) is 14.3. The molecule has 3 N–H and O–H groups in total. The van der Waals surface area contributed by atoms with Crippen molar-refractivity contribution in [2.45, 2.75) is 13.5 Å². The van der Waals surface area contributed by atoms with Gasteiger partial charge >= 0.3 is 0 Å². The molecule has 0 fully saturated rings. The van der Waals surface area contributed by atoms with Gasteiger partial charge in [0, 0.05) is 22.7 Å². The van der Waals surface area contributed by atoms with Crippen LogP contribution in [-0.2, 0) is 11.3 Å². The second kappa shape index (κ2) is 7.74. The maximum absolute atomic E-state index is 12.3. The van der Waals surface area contributed by atoms with Crippen molar-refractivity contribution in [2.75, 3.05) is 0 Å². The normalized spacial score (nSPS) is 10.7. The smallest absolute Gasteiger partial charge is 0.251 e. The monoisotopic (exact) mass is 372 g/mol. The van der Waals surface area contributed by atoms with Gasteiger partial charge in [-0.1, -0.05) is 45.8 Å². The van der Waals surface area contributed by atoms with E-state index in [1.807, 2.05) is 31.2 Å². The molecule has 2 aromatic rings. The quantitative estimate of drug-likeness (QED) is 0.791. The van der Waals surface area contributed by atoms with E-state index in [-0.39, 0.29) is 5.91 Å². The largest absolute Gasteiger partial charge is 0.366 e. The summed E-state index contributed by atoms with van der Waals surface area (Å²) in [6, 6.07) is 13.2. The first-order valence-electron chi connectivity index (χ1n) is 7.06. The Hall–Kier alpha value is -2.40. The summed E-state index contributed by atoms with van der Waals surface area (Å²) < 4.78 is 0.754. The average molecular weight is 373 g/mol. The van der Waals surface area contributed by atoms with Crippen molar-refractivity contribution < 1.29 is 9.59 Å². The number of rotatable bonds is 5. The van der Waals surface area contributed by atoms with Crippen molar-refractivity contribution >= 4 is 33.8 Å². The molecule has 0 radical (unpaired) electrons. The van der Waals surface area contributed by atoms with Gasteiger partial charge in [-0.3, -0.25) is 9.59 Å². The summed E-state index contributed by atoms with van der Waals surface area (Å²) in [6.07, 6.45) is 2.83. The summed E-state index contributed by atoms with van der Waals surface area (Å²) >= 11 is 3.36. The van der Waals surface area contributed by atoms with Crippen LogP contribution in [0, 0.1) is 6.92 Å². The fourth-order valence-electron chi connectivity index (χ4n) is 2.01. The highest BCUT2D eigenvalue weighted by molar-refractivity contribution is 9.10. The number of hydrogen-bond acceptors (Lipinski definition) is 2. The van der Waals surface area contributed by atoms with Crippen molar-refractivity contribution in [1.29, 1.82) is 0 Å². The highest BCUT2D eigenvalue weighted by Gasteiger charge is 2.07. The van der Waals surface area contributed by atoms with Gasteiger partial charge in [0.15, 0.2) is 0 Å². The minimum absolute atomic E-state index is 0.180. The predicted octanol–water partition coefficient (Wildman–Crippen LogP) is 3.19. The van der Waals surface area contributed by atoms with Crippen LogP contribution in [0.15, 0.2) is 53.0 Å². The molecule has 0 saturated carbocycles. The molecular formula is C18H17BrN2O2. The summed E-state index contributed by atoms with van der Waals surface area (Å²) in [7, 11) is 0. The third kappa shape index (κ3) is 5.38. The molecule has 0 unspecified atom stereocenters. The van der Waals surface area contributed by atoms with Crippen molar-refractivity contribution in [1.82, 2.24) is 5.32 Å². The van der Waals surface area contributed by atoms with Crippen molar-refractivity contribution in [3.63, 3.8) is 0 Å². The highest BCUT2D eigenvalue weighted by Crippen LogP contribution is 2.17. The molecule has 0 aliphatic carbocycles. The SMILES string of the molecule is Cc1ccc(CNC(=O)c2cc(Br)cc(/C=C/C(N)=O)c2)cc1. The number of hydrogen-bond donors (Lipinski definition) is 2. The van der Waals surface area contributed by atoms with Crippen molar-refractivity contribution in [2.24, 2.45) is 5.73 Å². The first-order chi connectivity index (χ1) is 10.9. The summed E-state index contributed by atoms with van der Waals surface area (Å²) in [6.45, 7) is 2.48. The van der Waals surface area contributed by atoms with E-state index in [9.17, 15) is 9.59 Å². The summed E-state index contributed by atoms with van der Waals surface area (Å²) in [4.78, 5) is 23.1. The first-order valence-corrected chi connectivity index (χ1v) is 7.85. The Morgan fingerprint density at radius 3 is 2.52 bits per heavy atom. The number of aryl methyl sites for hydroxylation is 1. The van der Waals surface area contributed by atoms with Gasteiger partial charge in [0.2, 0.25) is 5.91 Å². The van der Waals surface area contributed by atoms with Crippen molar-refractivity contribution in [3.05, 3.63) is 75.3 Å². The van der Waals surface area contributed by atoms with E-state index >= 15 is 0 Å². The summed E-state index contributed by atoms with van der Waals surface area (Å²) in [5.74, 6) is -0.712. The number of amides is 2. The van der Waals surface area contributed by atoms with E-state index in [4.69, 9.17) is 5.73 Å². The first kappa shape index (κ1) is 17.0. The van der Waals surface area contributed by atoms with E-state index in [1.54, 1.807) is 24.3 Å². The van der Waals surface area contributed by atoms with Crippen LogP contribution in [0.3, 0.4) is 0 Å². The molecule has 0 spiro atoms. The molecule has 0 heterocycles. The lowest BCUT2D eigenvalue weighted by molar-refractivity contribution is -0.113. The number of carbonyl (C=O) groups excluding carboxylic acids is 2. The third-order valence-corrected chi connectivity index (χ3v) is 3.65. The number of carbonyl (C=O) groups is 2. The van der Waals surface area contributed by atoms with Gasteiger partial charge < -0.3 is 11.1 Å². The second-order valence-electron chi connectivity index (χ2n) is 5.18. The topological polar surface area (TPSA) is 72.2 Å². The summed E-state index contributed by atoms with van der Waals surface area (Å²) in [5.41, 5.74) is 8.53. The molecule has 4 nitrogen and oxygen atoms in total. The number of halogens is 1. The van der Waals surface area contributed by atoms with Gasteiger partial charge in [-0.15, -0.1) is 0 Å². The van der Waals surface area contributed by atoms with Crippen LogP contribution in [0.1, 0.15) is 27.0 Å². The molecule has 2 aromatic carbocycles. The Kier molecular flexibility index (Phi) is 5.71. The van der Waals surface area contributed by atoms with E-state index in [0.29, 0.717) is 12.1 Å². The lowest BCUT2D eigenvalue weighted by atomic mass is 10.1. The fraction of sp³-hybridized carbons (Fsp3) is 0.111. The minimum Gasteiger partial charge on any atom is -0.366 e. The molecule has 0 aliphatic heterocycles. The Bertz CT molecular complexity index is 752. The van der Waals surface area contributed by atoms with Gasteiger partial charge in [-0.05, 0) is 42.3 Å². The van der Waals surface area contributed by atoms with Crippen LogP contribution in [0.5, 0.6) is 0 Å². The molecule has 5 heteroatoms. The van der Waals surface area contributed by atoms with Gasteiger partial charge in [-0.25, -0.2) is 0 Å². The molecule has 2 amide bonds. The fourth-order valence-corrected chi connectivity index (χ4v) is 2.52. The van der Waals surface area contributed by atoms with Crippen LogP contribution in [0.2, 0.25) is 0 Å². The van der Waals surface area contributed by atoms with E-state index in [0.717, 1.165) is 15.6 Å². The van der Waals surface area contributed by atoms with Crippen LogP contribution in [0.25, 0.3) is 6.08 Å².